The maximum Gasteiger partial charge on any atom is 0.341 e. The summed E-state index contributed by atoms with van der Waals surface area (Å²) in [5.41, 5.74) is 3.64. The van der Waals surface area contributed by atoms with E-state index in [9.17, 15) is 14.7 Å². The lowest BCUT2D eigenvalue weighted by Crippen LogP contribution is -2.31. The summed E-state index contributed by atoms with van der Waals surface area (Å²) in [7, 11) is 4.23. The fourth-order valence-electron chi connectivity index (χ4n) is 5.47. The number of aromatic carboxylic acids is 1. The zero-order valence-corrected chi connectivity index (χ0v) is 22.4. The minimum absolute atomic E-state index is 0.251. The summed E-state index contributed by atoms with van der Waals surface area (Å²) in [6.07, 6.45) is 4.96. The van der Waals surface area contributed by atoms with E-state index in [0.717, 1.165) is 59.2 Å². The molecular formula is C29H31N5O3S. The average molecular weight is 530 g/mol. The van der Waals surface area contributed by atoms with Gasteiger partial charge in [0.2, 0.25) is 0 Å². The lowest BCUT2D eigenvalue weighted by Gasteiger charge is -2.19. The van der Waals surface area contributed by atoms with Crippen molar-refractivity contribution in [2.45, 2.75) is 25.3 Å². The molecule has 1 atom stereocenters. The van der Waals surface area contributed by atoms with E-state index in [4.69, 9.17) is 4.98 Å². The number of fused-ring (bicyclic) bond motifs is 1. The highest BCUT2D eigenvalue weighted by Crippen LogP contribution is 2.34. The van der Waals surface area contributed by atoms with Gasteiger partial charge < -0.3 is 24.4 Å². The van der Waals surface area contributed by atoms with Crippen LogP contribution >= 0.6 is 11.3 Å². The van der Waals surface area contributed by atoms with Gasteiger partial charge in [0.15, 0.2) is 10.6 Å². The maximum absolute atomic E-state index is 12.7. The van der Waals surface area contributed by atoms with Gasteiger partial charge in [-0.3, -0.25) is 4.79 Å². The Bertz CT molecular complexity index is 1550. The van der Waals surface area contributed by atoms with Crippen LogP contribution < -0.4 is 15.2 Å². The number of aromatic nitrogens is 2. The van der Waals surface area contributed by atoms with Crippen molar-refractivity contribution in [3.63, 3.8) is 0 Å². The maximum atomic E-state index is 12.7. The summed E-state index contributed by atoms with van der Waals surface area (Å²) in [6.45, 7) is 4.05. The molecular weight excluding hydrogens is 498 g/mol. The molecule has 0 aliphatic carbocycles. The Balaban J connectivity index is 1.39. The van der Waals surface area contributed by atoms with Crippen molar-refractivity contribution in [2.24, 2.45) is 0 Å². The van der Waals surface area contributed by atoms with Crippen LogP contribution in [0.2, 0.25) is 0 Å². The molecule has 2 aliphatic rings. The fourth-order valence-corrected chi connectivity index (χ4v) is 6.51. The van der Waals surface area contributed by atoms with E-state index >= 15 is 0 Å². The van der Waals surface area contributed by atoms with Crippen LogP contribution in [-0.4, -0.2) is 71.8 Å². The molecule has 9 heteroatoms. The first-order valence-electron chi connectivity index (χ1n) is 13.0. The van der Waals surface area contributed by atoms with Gasteiger partial charge in [-0.2, -0.15) is 0 Å². The second-order valence-corrected chi connectivity index (χ2v) is 11.4. The largest absolute Gasteiger partial charge is 0.477 e. The van der Waals surface area contributed by atoms with Crippen LogP contribution in [0.3, 0.4) is 0 Å². The molecule has 2 fully saturated rings. The minimum atomic E-state index is -1.23. The number of benzene rings is 2. The molecule has 2 aromatic heterocycles. The number of hydrogen-bond donors (Lipinski definition) is 1. The van der Waals surface area contributed by atoms with Crippen molar-refractivity contribution in [1.29, 1.82) is 0 Å². The van der Waals surface area contributed by atoms with E-state index in [-0.39, 0.29) is 5.56 Å². The lowest BCUT2D eigenvalue weighted by atomic mass is 10.1. The second kappa shape index (κ2) is 9.89. The third-order valence-electron chi connectivity index (χ3n) is 7.72. The monoisotopic (exact) mass is 529 g/mol. The zero-order chi connectivity index (χ0) is 26.4. The Labute approximate surface area is 225 Å². The number of anilines is 2. The number of thiazole rings is 1. The standard InChI is InChI=1S/C29H31N5O3S/c1-31(2)22-11-14-33(17-22)29-30-24-10-9-21(15-27(24)38-29)34-18-23(28(36)37)26(35)16-25(34)19-5-7-20(8-6-19)32-12-3-4-13-32/h5-10,15-16,18,22H,3-4,11-14,17H2,1-2H3,(H,36,37)/t22-/m1/s1. The van der Waals surface area contributed by atoms with Crippen molar-refractivity contribution < 1.29 is 9.90 Å². The van der Waals surface area contributed by atoms with Gasteiger partial charge in [-0.15, -0.1) is 0 Å². The number of carboxylic acid groups (broad SMARTS) is 1. The lowest BCUT2D eigenvalue weighted by molar-refractivity contribution is 0.0695. The van der Waals surface area contributed by atoms with E-state index in [1.54, 1.807) is 11.3 Å². The SMILES string of the molecule is CN(C)[C@@H]1CCN(c2nc3ccc(-n4cc(C(=O)O)c(=O)cc4-c4ccc(N5CCCC5)cc4)cc3s2)C1. The van der Waals surface area contributed by atoms with Crippen molar-refractivity contribution in [1.82, 2.24) is 14.5 Å². The molecule has 4 aromatic rings. The summed E-state index contributed by atoms with van der Waals surface area (Å²) in [4.78, 5) is 36.4. The van der Waals surface area contributed by atoms with Gasteiger partial charge in [-0.05, 0) is 69.3 Å². The molecule has 0 unspecified atom stereocenters. The van der Waals surface area contributed by atoms with Crippen LogP contribution in [0.4, 0.5) is 10.8 Å². The molecule has 8 nitrogen and oxygen atoms in total. The first kappa shape index (κ1) is 24.6. The highest BCUT2D eigenvalue weighted by Gasteiger charge is 2.26. The summed E-state index contributed by atoms with van der Waals surface area (Å²) < 4.78 is 2.84. The smallest absolute Gasteiger partial charge is 0.341 e. The highest BCUT2D eigenvalue weighted by atomic mass is 32.1. The summed E-state index contributed by atoms with van der Waals surface area (Å²) in [5, 5.41) is 10.7. The van der Waals surface area contributed by atoms with Gasteiger partial charge in [0, 0.05) is 55.9 Å². The highest BCUT2D eigenvalue weighted by molar-refractivity contribution is 7.22. The number of likely N-dealkylation sites (N-methyl/N-ethyl adjacent to an activating group) is 1. The molecule has 0 saturated carbocycles. The fraction of sp³-hybridized carbons (Fsp3) is 0.345. The first-order valence-corrected chi connectivity index (χ1v) is 13.9. The van der Waals surface area contributed by atoms with Gasteiger partial charge in [-0.25, -0.2) is 9.78 Å². The van der Waals surface area contributed by atoms with Gasteiger partial charge in [0.05, 0.1) is 15.9 Å². The number of pyridine rings is 1. The van der Waals surface area contributed by atoms with E-state index in [1.807, 2.05) is 34.9 Å². The van der Waals surface area contributed by atoms with Crippen molar-refractivity contribution in [3.05, 3.63) is 70.5 Å². The Morgan fingerprint density at radius 1 is 1.00 bits per heavy atom. The Morgan fingerprint density at radius 2 is 1.74 bits per heavy atom. The molecule has 0 radical (unpaired) electrons. The van der Waals surface area contributed by atoms with Crippen molar-refractivity contribution >= 4 is 38.3 Å². The molecule has 6 rings (SSSR count). The van der Waals surface area contributed by atoms with Gasteiger partial charge in [0.1, 0.15) is 5.56 Å². The number of hydrogen-bond acceptors (Lipinski definition) is 7. The van der Waals surface area contributed by atoms with Gasteiger partial charge in [0.25, 0.3) is 0 Å². The molecule has 1 N–H and O–H groups in total. The van der Waals surface area contributed by atoms with E-state index in [0.29, 0.717) is 11.7 Å². The Hall–Kier alpha value is -3.69. The molecule has 4 heterocycles. The van der Waals surface area contributed by atoms with Crippen LogP contribution in [0, 0.1) is 0 Å². The van der Waals surface area contributed by atoms with E-state index in [1.165, 1.54) is 30.8 Å². The number of rotatable bonds is 6. The Kier molecular flexibility index (Phi) is 6.41. The van der Waals surface area contributed by atoms with Crippen LogP contribution in [0.1, 0.15) is 29.6 Å². The van der Waals surface area contributed by atoms with Crippen LogP contribution in [0.25, 0.3) is 27.2 Å². The summed E-state index contributed by atoms with van der Waals surface area (Å²) >= 11 is 1.65. The van der Waals surface area contributed by atoms with E-state index < -0.39 is 11.4 Å². The quantitative estimate of drug-likeness (QED) is 0.392. The van der Waals surface area contributed by atoms with Crippen molar-refractivity contribution in [2.75, 3.05) is 50.1 Å². The molecule has 0 bridgehead atoms. The second-order valence-electron chi connectivity index (χ2n) is 10.4. The first-order chi connectivity index (χ1) is 18.4. The molecule has 0 amide bonds. The van der Waals surface area contributed by atoms with Gasteiger partial charge >= 0.3 is 5.97 Å². The molecule has 2 saturated heterocycles. The topological polar surface area (TPSA) is 81.9 Å². The third kappa shape index (κ3) is 4.56. The average Bonchev–Trinajstić information content (AvgIpc) is 3.68. The van der Waals surface area contributed by atoms with Gasteiger partial charge in [-0.1, -0.05) is 23.5 Å². The molecule has 2 aromatic carbocycles. The normalized spacial score (nSPS) is 17.7. The summed E-state index contributed by atoms with van der Waals surface area (Å²) in [5.74, 6) is -1.23. The van der Waals surface area contributed by atoms with Crippen molar-refractivity contribution in [3.8, 4) is 16.9 Å². The predicted molar refractivity (Wildman–Crippen MR) is 153 cm³/mol. The van der Waals surface area contributed by atoms with E-state index in [2.05, 4.69) is 40.9 Å². The van der Waals surface area contributed by atoms with Crippen LogP contribution in [0.15, 0.2) is 59.5 Å². The summed E-state index contributed by atoms with van der Waals surface area (Å²) in [6, 6.07) is 16.1. The number of carbonyl (C=O) groups is 1. The van der Waals surface area contributed by atoms with Crippen LogP contribution in [0.5, 0.6) is 0 Å². The molecule has 38 heavy (non-hydrogen) atoms. The van der Waals surface area contributed by atoms with Crippen LogP contribution in [-0.2, 0) is 0 Å². The molecule has 0 spiro atoms. The zero-order valence-electron chi connectivity index (χ0n) is 21.6. The number of carboxylic acids is 1. The predicted octanol–water partition coefficient (Wildman–Crippen LogP) is 4.55. The molecule has 2 aliphatic heterocycles. The minimum Gasteiger partial charge on any atom is -0.477 e. The molecule has 196 valence electrons. The third-order valence-corrected chi connectivity index (χ3v) is 8.80. The number of nitrogens with zero attached hydrogens (tertiary/aromatic N) is 5. The Morgan fingerprint density at radius 3 is 2.42 bits per heavy atom.